The molecule has 116 valence electrons. The molecule has 3 aromatic rings. The lowest BCUT2D eigenvalue weighted by molar-refractivity contribution is -0.136. The Balaban J connectivity index is 2.07. The molecular formula is C17H16N4O2. The molecule has 1 N–H and O–H groups in total. The zero-order valence-electron chi connectivity index (χ0n) is 12.9. The van der Waals surface area contributed by atoms with Crippen LogP contribution >= 0.6 is 0 Å². The molecule has 23 heavy (non-hydrogen) atoms. The maximum atomic E-state index is 11.1. The Morgan fingerprint density at radius 1 is 1.09 bits per heavy atom. The van der Waals surface area contributed by atoms with E-state index in [-0.39, 0.29) is 6.42 Å². The SMILES string of the molecule is Cc1ccc(N=Nc2c(CC(=O)O)nc3ccc(C)cn23)cc1. The van der Waals surface area contributed by atoms with Crippen molar-refractivity contribution < 1.29 is 9.90 Å². The second kappa shape index (κ2) is 6.00. The summed E-state index contributed by atoms with van der Waals surface area (Å²) in [6, 6.07) is 11.4. The Morgan fingerprint density at radius 3 is 2.48 bits per heavy atom. The lowest BCUT2D eigenvalue weighted by Crippen LogP contribution is -2.00. The topological polar surface area (TPSA) is 79.3 Å². The van der Waals surface area contributed by atoms with Crippen LogP contribution in [0.2, 0.25) is 0 Å². The standard InChI is InChI=1S/C17H16N4O2/c1-11-3-6-13(7-4-11)19-20-17-14(9-16(22)23)18-15-8-5-12(2)10-21(15)17/h3-8,10H,9H2,1-2H3,(H,22,23). The van der Waals surface area contributed by atoms with Gasteiger partial charge in [-0.05, 0) is 37.6 Å². The van der Waals surface area contributed by atoms with Crippen LogP contribution in [-0.2, 0) is 11.2 Å². The second-order valence-corrected chi connectivity index (χ2v) is 5.42. The van der Waals surface area contributed by atoms with E-state index < -0.39 is 5.97 Å². The first kappa shape index (κ1) is 14.9. The molecule has 6 nitrogen and oxygen atoms in total. The third-order valence-corrected chi connectivity index (χ3v) is 3.42. The number of hydrogen-bond acceptors (Lipinski definition) is 4. The minimum Gasteiger partial charge on any atom is -0.481 e. The first-order valence-electron chi connectivity index (χ1n) is 7.21. The molecule has 1 aromatic carbocycles. The van der Waals surface area contributed by atoms with E-state index >= 15 is 0 Å². The van der Waals surface area contributed by atoms with Crippen molar-refractivity contribution in [3.8, 4) is 0 Å². The van der Waals surface area contributed by atoms with Crippen molar-refractivity contribution in [1.82, 2.24) is 9.38 Å². The molecule has 0 atom stereocenters. The number of hydrogen-bond donors (Lipinski definition) is 1. The number of pyridine rings is 1. The number of benzene rings is 1. The highest BCUT2D eigenvalue weighted by Gasteiger charge is 2.15. The van der Waals surface area contributed by atoms with Gasteiger partial charge in [0.1, 0.15) is 5.65 Å². The van der Waals surface area contributed by atoms with Gasteiger partial charge in [0.15, 0.2) is 5.82 Å². The average Bonchev–Trinajstić information content (AvgIpc) is 2.82. The summed E-state index contributed by atoms with van der Waals surface area (Å²) >= 11 is 0. The summed E-state index contributed by atoms with van der Waals surface area (Å²) < 4.78 is 1.77. The fourth-order valence-electron chi connectivity index (χ4n) is 2.27. The number of aryl methyl sites for hydroxylation is 2. The number of carbonyl (C=O) groups is 1. The predicted molar refractivity (Wildman–Crippen MR) is 86.6 cm³/mol. The molecule has 3 rings (SSSR count). The number of nitrogens with zero attached hydrogens (tertiary/aromatic N) is 4. The van der Waals surface area contributed by atoms with Crippen LogP contribution in [0.5, 0.6) is 0 Å². The molecule has 2 heterocycles. The Hall–Kier alpha value is -3.02. The lowest BCUT2D eigenvalue weighted by atomic mass is 10.2. The zero-order valence-corrected chi connectivity index (χ0v) is 12.9. The van der Waals surface area contributed by atoms with E-state index in [1.807, 2.05) is 56.4 Å². The van der Waals surface area contributed by atoms with Gasteiger partial charge in [-0.25, -0.2) is 4.98 Å². The molecule has 2 aromatic heterocycles. The van der Waals surface area contributed by atoms with Crippen LogP contribution in [0.3, 0.4) is 0 Å². The van der Waals surface area contributed by atoms with Crippen molar-refractivity contribution >= 4 is 23.1 Å². The smallest absolute Gasteiger partial charge is 0.309 e. The molecule has 0 aliphatic heterocycles. The van der Waals surface area contributed by atoms with Gasteiger partial charge < -0.3 is 5.11 Å². The summed E-state index contributed by atoms with van der Waals surface area (Å²) in [5.74, 6) is -0.497. The van der Waals surface area contributed by atoms with E-state index in [2.05, 4.69) is 15.2 Å². The van der Waals surface area contributed by atoms with E-state index in [1.54, 1.807) is 4.40 Å². The monoisotopic (exact) mass is 308 g/mol. The zero-order chi connectivity index (χ0) is 16.4. The summed E-state index contributed by atoms with van der Waals surface area (Å²) in [5, 5.41) is 17.5. The number of aliphatic carboxylic acids is 1. The molecule has 0 spiro atoms. The van der Waals surface area contributed by atoms with Gasteiger partial charge in [0.25, 0.3) is 0 Å². The van der Waals surface area contributed by atoms with Gasteiger partial charge in [-0.2, -0.15) is 0 Å². The number of carboxylic acid groups (broad SMARTS) is 1. The van der Waals surface area contributed by atoms with E-state index in [1.165, 1.54) is 0 Å². The molecule has 0 radical (unpaired) electrons. The molecular weight excluding hydrogens is 292 g/mol. The van der Waals surface area contributed by atoms with Crippen molar-refractivity contribution in [2.24, 2.45) is 10.2 Å². The van der Waals surface area contributed by atoms with Gasteiger partial charge >= 0.3 is 5.97 Å². The number of fused-ring (bicyclic) bond motifs is 1. The fourth-order valence-corrected chi connectivity index (χ4v) is 2.27. The number of azo groups is 1. The molecule has 0 saturated heterocycles. The third kappa shape index (κ3) is 3.26. The highest BCUT2D eigenvalue weighted by molar-refractivity contribution is 5.72. The van der Waals surface area contributed by atoms with Gasteiger partial charge in [0.05, 0.1) is 17.8 Å². The highest BCUT2D eigenvalue weighted by Crippen LogP contribution is 2.25. The van der Waals surface area contributed by atoms with Crippen molar-refractivity contribution in [3.05, 3.63) is 59.4 Å². The molecule has 0 aliphatic rings. The molecule has 0 unspecified atom stereocenters. The average molecular weight is 308 g/mol. The number of carboxylic acids is 1. The molecule has 0 aliphatic carbocycles. The summed E-state index contributed by atoms with van der Waals surface area (Å²) in [4.78, 5) is 15.4. The van der Waals surface area contributed by atoms with Crippen LogP contribution in [0.15, 0.2) is 52.8 Å². The summed E-state index contributed by atoms with van der Waals surface area (Å²) in [6.45, 7) is 3.95. The largest absolute Gasteiger partial charge is 0.481 e. The van der Waals surface area contributed by atoms with Gasteiger partial charge in [-0.15, -0.1) is 10.2 Å². The van der Waals surface area contributed by atoms with E-state index in [4.69, 9.17) is 5.11 Å². The summed E-state index contributed by atoms with van der Waals surface area (Å²) in [5.41, 5.74) is 3.94. The molecule has 6 heteroatoms. The van der Waals surface area contributed by atoms with Crippen LogP contribution in [-0.4, -0.2) is 20.5 Å². The maximum Gasteiger partial charge on any atom is 0.309 e. The van der Waals surface area contributed by atoms with Crippen molar-refractivity contribution in [2.45, 2.75) is 20.3 Å². The first-order valence-corrected chi connectivity index (χ1v) is 7.21. The summed E-state index contributed by atoms with van der Waals surface area (Å²) in [6.07, 6.45) is 1.68. The predicted octanol–water partition coefficient (Wildman–Crippen LogP) is 3.99. The normalized spacial score (nSPS) is 11.4. The number of aromatic nitrogens is 2. The van der Waals surface area contributed by atoms with Crippen LogP contribution in [0.4, 0.5) is 11.5 Å². The van der Waals surface area contributed by atoms with E-state index in [0.717, 1.165) is 11.1 Å². The molecule has 0 fully saturated rings. The summed E-state index contributed by atoms with van der Waals surface area (Å²) in [7, 11) is 0. The minimum absolute atomic E-state index is 0.191. The molecule has 0 amide bonds. The van der Waals surface area contributed by atoms with E-state index in [0.29, 0.717) is 22.8 Å². The molecule has 0 saturated carbocycles. The Bertz CT molecular complexity index is 895. The quantitative estimate of drug-likeness (QED) is 0.740. The Labute approximate surface area is 133 Å². The van der Waals surface area contributed by atoms with Crippen molar-refractivity contribution in [2.75, 3.05) is 0 Å². The van der Waals surface area contributed by atoms with Crippen LogP contribution < -0.4 is 0 Å². The fraction of sp³-hybridized carbons (Fsp3) is 0.176. The number of rotatable bonds is 4. The first-order chi connectivity index (χ1) is 11.0. The Morgan fingerprint density at radius 2 is 1.78 bits per heavy atom. The Kier molecular flexibility index (Phi) is 3.89. The van der Waals surface area contributed by atoms with Crippen molar-refractivity contribution in [1.29, 1.82) is 0 Å². The van der Waals surface area contributed by atoms with E-state index in [9.17, 15) is 4.79 Å². The molecule has 0 bridgehead atoms. The van der Waals surface area contributed by atoms with Crippen molar-refractivity contribution in [3.63, 3.8) is 0 Å². The van der Waals surface area contributed by atoms with Gasteiger partial charge in [0.2, 0.25) is 0 Å². The maximum absolute atomic E-state index is 11.1. The van der Waals surface area contributed by atoms with Gasteiger partial charge in [-0.1, -0.05) is 23.8 Å². The van der Waals surface area contributed by atoms with Crippen LogP contribution in [0.25, 0.3) is 5.65 Å². The number of imidazole rings is 1. The second-order valence-electron chi connectivity index (χ2n) is 5.42. The lowest BCUT2D eigenvalue weighted by Gasteiger charge is -1.99. The van der Waals surface area contributed by atoms with Gasteiger partial charge in [-0.3, -0.25) is 9.20 Å². The van der Waals surface area contributed by atoms with Crippen LogP contribution in [0.1, 0.15) is 16.8 Å². The van der Waals surface area contributed by atoms with Gasteiger partial charge in [0, 0.05) is 6.20 Å². The minimum atomic E-state index is -0.947. The third-order valence-electron chi connectivity index (χ3n) is 3.42. The van der Waals surface area contributed by atoms with Crippen LogP contribution in [0, 0.1) is 13.8 Å². The highest BCUT2D eigenvalue weighted by atomic mass is 16.4.